The first kappa shape index (κ1) is 12.7. The van der Waals surface area contributed by atoms with Gasteiger partial charge in [0.25, 0.3) is 0 Å². The zero-order valence-electron chi connectivity index (χ0n) is 8.02. The highest BCUT2D eigenvalue weighted by Gasteiger charge is 2.15. The molecule has 0 aromatic carbocycles. The second kappa shape index (κ2) is 7.10. The van der Waals surface area contributed by atoms with E-state index in [-0.39, 0.29) is 6.16 Å². The van der Waals surface area contributed by atoms with Crippen LogP contribution in [0, 0.1) is 0 Å². The summed E-state index contributed by atoms with van der Waals surface area (Å²) >= 11 is 0. The molecular formula is C8H18NO3P. The van der Waals surface area contributed by atoms with Crippen molar-refractivity contribution >= 4 is 13.6 Å². The van der Waals surface area contributed by atoms with Crippen LogP contribution in [-0.4, -0.2) is 28.6 Å². The van der Waals surface area contributed by atoms with E-state index in [1.165, 1.54) is 6.21 Å². The Kier molecular flexibility index (Phi) is 6.92. The Morgan fingerprint density at radius 3 is 2.62 bits per heavy atom. The average molecular weight is 207 g/mol. The van der Waals surface area contributed by atoms with Crippen LogP contribution in [-0.2, 0) is 4.57 Å². The lowest BCUT2D eigenvalue weighted by Crippen LogP contribution is -1.95. The first-order valence-corrected chi connectivity index (χ1v) is 6.62. The molecule has 0 aromatic heterocycles. The Balaban J connectivity index is 3.60. The van der Waals surface area contributed by atoms with Gasteiger partial charge in [-0.2, -0.15) is 0 Å². The molecule has 0 heterocycles. The zero-order valence-corrected chi connectivity index (χ0v) is 8.91. The van der Waals surface area contributed by atoms with Crippen molar-refractivity contribution in [1.29, 1.82) is 0 Å². The molecule has 0 bridgehead atoms. The van der Waals surface area contributed by atoms with E-state index in [0.717, 1.165) is 19.3 Å². The van der Waals surface area contributed by atoms with Gasteiger partial charge in [0.05, 0.1) is 0 Å². The first-order chi connectivity index (χ1) is 6.12. The van der Waals surface area contributed by atoms with Crippen LogP contribution in [0.1, 0.15) is 32.6 Å². The largest absolute Gasteiger partial charge is 0.411 e. The molecule has 13 heavy (non-hydrogen) atoms. The summed E-state index contributed by atoms with van der Waals surface area (Å²) in [6.07, 6.45) is 5.09. The molecule has 0 saturated heterocycles. The van der Waals surface area contributed by atoms with E-state index in [0.29, 0.717) is 12.6 Å². The topological polar surface area (TPSA) is 69.9 Å². The summed E-state index contributed by atoms with van der Waals surface area (Å²) in [6.45, 7) is 2.06. The van der Waals surface area contributed by atoms with Gasteiger partial charge in [-0.1, -0.05) is 19.8 Å². The van der Waals surface area contributed by atoms with Crippen molar-refractivity contribution in [2.75, 3.05) is 12.3 Å². The SMILES string of the molecule is CCCCCP(=O)(O)CCC=NO. The smallest absolute Gasteiger partial charge is 0.201 e. The molecule has 2 N–H and O–H groups in total. The van der Waals surface area contributed by atoms with E-state index in [4.69, 9.17) is 5.21 Å². The molecule has 5 heteroatoms. The van der Waals surface area contributed by atoms with Crippen molar-refractivity contribution in [3.05, 3.63) is 0 Å². The fraction of sp³-hybridized carbons (Fsp3) is 0.875. The third kappa shape index (κ3) is 8.00. The van der Waals surface area contributed by atoms with Gasteiger partial charge in [-0.3, -0.25) is 4.57 Å². The number of oxime groups is 1. The molecule has 0 amide bonds. The predicted octanol–water partition coefficient (Wildman–Crippen LogP) is 2.30. The van der Waals surface area contributed by atoms with E-state index in [1.807, 2.05) is 0 Å². The van der Waals surface area contributed by atoms with Crippen molar-refractivity contribution < 1.29 is 14.7 Å². The lowest BCUT2D eigenvalue weighted by molar-refractivity contribution is 0.320. The number of unbranched alkanes of at least 4 members (excludes halogenated alkanes) is 2. The molecule has 78 valence electrons. The summed E-state index contributed by atoms with van der Waals surface area (Å²) in [7, 11) is -2.95. The van der Waals surface area contributed by atoms with Gasteiger partial charge in [-0.25, -0.2) is 0 Å². The van der Waals surface area contributed by atoms with Crippen LogP contribution in [0.3, 0.4) is 0 Å². The standard InChI is InChI=1S/C8H18NO3P/c1-2-3-4-7-13(11,12)8-5-6-9-10/h6,10H,2-5,7-8H2,1H3,(H,11,12). The number of hydrogen-bond acceptors (Lipinski definition) is 3. The van der Waals surface area contributed by atoms with Gasteiger partial charge in [0.2, 0.25) is 7.37 Å². The molecule has 1 atom stereocenters. The highest BCUT2D eigenvalue weighted by molar-refractivity contribution is 7.58. The van der Waals surface area contributed by atoms with Crippen LogP contribution in [0.25, 0.3) is 0 Å². The van der Waals surface area contributed by atoms with Crippen LogP contribution < -0.4 is 0 Å². The third-order valence-electron chi connectivity index (χ3n) is 1.80. The van der Waals surface area contributed by atoms with E-state index >= 15 is 0 Å². The number of hydrogen-bond donors (Lipinski definition) is 2. The molecule has 0 aromatic rings. The maximum atomic E-state index is 11.4. The van der Waals surface area contributed by atoms with E-state index in [2.05, 4.69) is 12.1 Å². The van der Waals surface area contributed by atoms with E-state index in [9.17, 15) is 9.46 Å². The molecule has 0 rings (SSSR count). The molecule has 1 unspecified atom stereocenters. The highest BCUT2D eigenvalue weighted by atomic mass is 31.2. The van der Waals surface area contributed by atoms with Gasteiger partial charge in [-0.15, -0.1) is 5.16 Å². The Labute approximate surface area is 79.1 Å². The Morgan fingerprint density at radius 2 is 2.08 bits per heavy atom. The maximum absolute atomic E-state index is 11.4. The molecule has 0 radical (unpaired) electrons. The van der Waals surface area contributed by atoms with Gasteiger partial charge >= 0.3 is 0 Å². The van der Waals surface area contributed by atoms with Crippen molar-refractivity contribution in [2.24, 2.45) is 5.16 Å². The van der Waals surface area contributed by atoms with Gasteiger partial charge < -0.3 is 10.1 Å². The second-order valence-electron chi connectivity index (χ2n) is 3.09. The maximum Gasteiger partial charge on any atom is 0.201 e. The van der Waals surface area contributed by atoms with Gasteiger partial charge in [0.1, 0.15) is 0 Å². The minimum atomic E-state index is -2.95. The average Bonchev–Trinajstić information content (AvgIpc) is 2.05. The Hall–Kier alpha value is -0.340. The van der Waals surface area contributed by atoms with Crippen molar-refractivity contribution in [2.45, 2.75) is 32.6 Å². The quantitative estimate of drug-likeness (QED) is 0.221. The predicted molar refractivity (Wildman–Crippen MR) is 54.0 cm³/mol. The summed E-state index contributed by atoms with van der Waals surface area (Å²) < 4.78 is 11.4. The van der Waals surface area contributed by atoms with Crippen LogP contribution in [0.5, 0.6) is 0 Å². The van der Waals surface area contributed by atoms with Crippen LogP contribution >= 0.6 is 7.37 Å². The van der Waals surface area contributed by atoms with Crippen molar-refractivity contribution in [3.8, 4) is 0 Å². The molecule has 0 saturated carbocycles. The lowest BCUT2D eigenvalue weighted by Gasteiger charge is -2.08. The highest BCUT2D eigenvalue weighted by Crippen LogP contribution is 2.41. The number of nitrogens with zero attached hydrogens (tertiary/aromatic N) is 1. The molecule has 4 nitrogen and oxygen atoms in total. The summed E-state index contributed by atoms with van der Waals surface area (Å²) in [4.78, 5) is 9.38. The lowest BCUT2D eigenvalue weighted by atomic mass is 10.3. The fourth-order valence-electron chi connectivity index (χ4n) is 1.04. The van der Waals surface area contributed by atoms with Gasteiger partial charge in [-0.05, 0) is 12.8 Å². The fourth-order valence-corrected chi connectivity index (χ4v) is 2.50. The molecule has 0 aliphatic carbocycles. The molecular weight excluding hydrogens is 189 g/mol. The van der Waals surface area contributed by atoms with Crippen molar-refractivity contribution in [1.82, 2.24) is 0 Å². The first-order valence-electron chi connectivity index (χ1n) is 4.59. The molecule has 0 aliphatic heterocycles. The zero-order chi connectivity index (χ0) is 10.2. The van der Waals surface area contributed by atoms with Crippen molar-refractivity contribution in [3.63, 3.8) is 0 Å². The second-order valence-corrected chi connectivity index (χ2v) is 5.67. The van der Waals surface area contributed by atoms with Crippen LogP contribution in [0.4, 0.5) is 0 Å². The molecule has 0 fully saturated rings. The summed E-state index contributed by atoms with van der Waals surface area (Å²) in [5.41, 5.74) is 0. The van der Waals surface area contributed by atoms with E-state index in [1.54, 1.807) is 0 Å². The summed E-state index contributed by atoms with van der Waals surface area (Å²) in [6, 6.07) is 0. The van der Waals surface area contributed by atoms with Gasteiger partial charge in [0, 0.05) is 18.5 Å². The Bertz CT molecular complexity index is 194. The third-order valence-corrected chi connectivity index (χ3v) is 3.77. The molecule has 0 aliphatic rings. The van der Waals surface area contributed by atoms with Gasteiger partial charge in [0.15, 0.2) is 0 Å². The normalized spacial score (nSPS) is 16.2. The van der Waals surface area contributed by atoms with Crippen LogP contribution in [0.2, 0.25) is 0 Å². The summed E-state index contributed by atoms with van der Waals surface area (Å²) in [5.74, 6) is 0. The Morgan fingerprint density at radius 1 is 1.38 bits per heavy atom. The van der Waals surface area contributed by atoms with Crippen LogP contribution in [0.15, 0.2) is 5.16 Å². The van der Waals surface area contributed by atoms with E-state index < -0.39 is 7.37 Å². The summed E-state index contributed by atoms with van der Waals surface area (Å²) in [5, 5.41) is 10.9. The minimum absolute atomic E-state index is 0.223. The minimum Gasteiger partial charge on any atom is -0.411 e. The number of rotatable bonds is 7. The molecule has 0 spiro atoms. The monoisotopic (exact) mass is 207 g/mol.